The molecule has 0 spiro atoms. The van der Waals surface area contributed by atoms with Crippen LogP contribution in [-0.2, 0) is 18.3 Å². The molecule has 0 radical (unpaired) electrons. The zero-order valence-electron chi connectivity index (χ0n) is 16.5. The van der Waals surface area contributed by atoms with Crippen molar-refractivity contribution in [3.05, 3.63) is 83.4 Å². The van der Waals surface area contributed by atoms with Crippen molar-refractivity contribution in [2.45, 2.75) is 24.0 Å². The number of benzene rings is 2. The molecule has 30 heavy (non-hydrogen) atoms. The van der Waals surface area contributed by atoms with Crippen LogP contribution in [0.15, 0.2) is 71.2 Å². The molecule has 0 saturated heterocycles. The van der Waals surface area contributed by atoms with E-state index in [-0.39, 0.29) is 29.4 Å². The standard InChI is InChI=1S/C23H21FN4OS/c1-27-13-12-25-23(27)30-14-20(29)28-22(16-6-9-17(24)10-7-16)19-11-8-15-4-2-3-5-18(15)21(19)26-28/h2-7,9-10,12-13,19,22H,8,11,14H2,1H3/t19-,22+/m1/s1. The topological polar surface area (TPSA) is 50.5 Å². The lowest BCUT2D eigenvalue weighted by molar-refractivity contribution is -0.130. The molecule has 0 fully saturated rings. The minimum atomic E-state index is -0.282. The summed E-state index contributed by atoms with van der Waals surface area (Å²) in [6, 6.07) is 14.5. The maximum absolute atomic E-state index is 13.6. The molecule has 3 aromatic rings. The van der Waals surface area contributed by atoms with Crippen LogP contribution >= 0.6 is 11.8 Å². The summed E-state index contributed by atoms with van der Waals surface area (Å²) >= 11 is 1.40. The number of amides is 1. The van der Waals surface area contributed by atoms with E-state index in [2.05, 4.69) is 17.1 Å². The first-order chi connectivity index (χ1) is 14.6. The Labute approximate surface area is 178 Å². The average Bonchev–Trinajstić information content (AvgIpc) is 3.36. The van der Waals surface area contributed by atoms with Crippen molar-refractivity contribution in [1.82, 2.24) is 14.6 Å². The van der Waals surface area contributed by atoms with E-state index in [9.17, 15) is 9.18 Å². The summed E-state index contributed by atoms with van der Waals surface area (Å²) in [6.45, 7) is 0. The maximum atomic E-state index is 13.6. The van der Waals surface area contributed by atoms with Crippen LogP contribution in [0, 0.1) is 11.7 Å². The van der Waals surface area contributed by atoms with Gasteiger partial charge in [-0.25, -0.2) is 14.4 Å². The van der Waals surface area contributed by atoms with Gasteiger partial charge in [-0.2, -0.15) is 5.10 Å². The van der Waals surface area contributed by atoms with Gasteiger partial charge in [0.1, 0.15) is 5.82 Å². The van der Waals surface area contributed by atoms with Gasteiger partial charge in [0.25, 0.3) is 5.91 Å². The van der Waals surface area contributed by atoms with Crippen LogP contribution < -0.4 is 0 Å². The number of hydrogen-bond donors (Lipinski definition) is 0. The Morgan fingerprint density at radius 2 is 2.00 bits per heavy atom. The molecule has 2 aromatic carbocycles. The maximum Gasteiger partial charge on any atom is 0.253 e. The predicted octanol–water partition coefficient (Wildman–Crippen LogP) is 4.20. The largest absolute Gasteiger partial charge is 0.329 e. The molecule has 2 atom stereocenters. The van der Waals surface area contributed by atoms with E-state index < -0.39 is 0 Å². The van der Waals surface area contributed by atoms with E-state index in [1.165, 1.54) is 29.5 Å². The molecule has 1 aliphatic heterocycles. The second kappa shape index (κ2) is 7.72. The van der Waals surface area contributed by atoms with Crippen molar-refractivity contribution in [3.8, 4) is 0 Å². The van der Waals surface area contributed by atoms with Crippen LogP contribution in [0.2, 0.25) is 0 Å². The van der Waals surface area contributed by atoms with Gasteiger partial charge < -0.3 is 4.57 Å². The third kappa shape index (κ3) is 3.33. The normalized spacial score (nSPS) is 19.9. The molecular formula is C23H21FN4OS. The number of halogens is 1. The minimum Gasteiger partial charge on any atom is -0.329 e. The van der Waals surface area contributed by atoms with Gasteiger partial charge in [0, 0.05) is 30.9 Å². The van der Waals surface area contributed by atoms with Crippen molar-refractivity contribution in [3.63, 3.8) is 0 Å². The number of nitrogens with zero attached hydrogens (tertiary/aromatic N) is 4. The first-order valence-corrected chi connectivity index (χ1v) is 10.9. The molecule has 0 unspecified atom stereocenters. The molecule has 1 amide bonds. The number of hydrazone groups is 1. The summed E-state index contributed by atoms with van der Waals surface area (Å²) in [5.41, 5.74) is 4.26. The fraction of sp³-hybridized carbons (Fsp3) is 0.261. The van der Waals surface area contributed by atoms with Crippen LogP contribution in [0.5, 0.6) is 0 Å². The fourth-order valence-corrected chi connectivity index (χ4v) is 5.13. The van der Waals surface area contributed by atoms with Crippen LogP contribution in [0.4, 0.5) is 4.39 Å². The smallest absolute Gasteiger partial charge is 0.253 e. The highest BCUT2D eigenvalue weighted by molar-refractivity contribution is 7.99. The zero-order valence-corrected chi connectivity index (χ0v) is 17.3. The van der Waals surface area contributed by atoms with Gasteiger partial charge in [0.15, 0.2) is 5.16 Å². The Bertz CT molecular complexity index is 1120. The van der Waals surface area contributed by atoms with Crippen LogP contribution in [0.3, 0.4) is 0 Å². The van der Waals surface area contributed by atoms with Gasteiger partial charge in [0.05, 0.1) is 17.5 Å². The Hall–Kier alpha value is -2.93. The number of carbonyl (C=O) groups excluding carboxylic acids is 1. The van der Waals surface area contributed by atoms with E-state index >= 15 is 0 Å². The lowest BCUT2D eigenvalue weighted by atomic mass is 9.77. The second-order valence-electron chi connectivity index (χ2n) is 7.63. The Morgan fingerprint density at radius 1 is 1.20 bits per heavy atom. The number of rotatable bonds is 4. The monoisotopic (exact) mass is 420 g/mol. The summed E-state index contributed by atoms with van der Waals surface area (Å²) in [6.07, 6.45) is 5.43. The molecule has 2 heterocycles. The average molecular weight is 421 g/mol. The summed E-state index contributed by atoms with van der Waals surface area (Å²) in [4.78, 5) is 17.5. The van der Waals surface area contributed by atoms with Gasteiger partial charge >= 0.3 is 0 Å². The van der Waals surface area contributed by atoms with Crippen LogP contribution in [0.1, 0.15) is 29.2 Å². The Kier molecular flexibility index (Phi) is 4.90. The molecule has 0 saturated carbocycles. The van der Waals surface area contributed by atoms with Gasteiger partial charge in [-0.05, 0) is 36.1 Å². The van der Waals surface area contributed by atoms with Crippen LogP contribution in [-0.4, -0.2) is 31.9 Å². The fourth-order valence-electron chi connectivity index (χ4n) is 4.35. The SMILES string of the molecule is Cn1ccnc1SCC(=O)N1N=C2c3ccccc3CC[C@H]2[C@@H]1c1ccc(F)cc1. The lowest BCUT2D eigenvalue weighted by Gasteiger charge is -2.29. The van der Waals surface area contributed by atoms with Gasteiger partial charge in [0.2, 0.25) is 0 Å². The lowest BCUT2D eigenvalue weighted by Crippen LogP contribution is -2.33. The van der Waals surface area contributed by atoms with Gasteiger partial charge in [-0.1, -0.05) is 48.2 Å². The molecule has 1 aliphatic carbocycles. The number of imidazole rings is 1. The third-order valence-electron chi connectivity index (χ3n) is 5.80. The molecule has 0 N–H and O–H groups in total. The molecule has 7 heteroatoms. The third-order valence-corrected chi connectivity index (χ3v) is 6.84. The number of fused-ring (bicyclic) bond motifs is 3. The minimum absolute atomic E-state index is 0.0725. The molecule has 5 rings (SSSR count). The Morgan fingerprint density at radius 3 is 2.77 bits per heavy atom. The number of aromatic nitrogens is 2. The van der Waals surface area contributed by atoms with Crippen molar-refractivity contribution in [1.29, 1.82) is 0 Å². The number of thioether (sulfide) groups is 1. The first-order valence-electron chi connectivity index (χ1n) is 9.96. The van der Waals surface area contributed by atoms with E-state index in [0.717, 1.165) is 34.8 Å². The number of carbonyl (C=O) groups is 1. The van der Waals surface area contributed by atoms with Crippen molar-refractivity contribution in [2.24, 2.45) is 18.1 Å². The molecule has 2 aliphatic rings. The highest BCUT2D eigenvalue weighted by Crippen LogP contribution is 2.43. The van der Waals surface area contributed by atoms with Crippen molar-refractivity contribution >= 4 is 23.4 Å². The zero-order chi connectivity index (χ0) is 20.7. The van der Waals surface area contributed by atoms with Crippen molar-refractivity contribution in [2.75, 3.05) is 5.75 Å². The molecular weight excluding hydrogens is 399 g/mol. The highest BCUT2D eigenvalue weighted by atomic mass is 32.2. The molecule has 152 valence electrons. The predicted molar refractivity (Wildman–Crippen MR) is 115 cm³/mol. The number of hydrogen-bond acceptors (Lipinski definition) is 4. The van der Waals surface area contributed by atoms with Crippen molar-refractivity contribution < 1.29 is 9.18 Å². The molecule has 0 bridgehead atoms. The van der Waals surface area contributed by atoms with Gasteiger partial charge in [-0.15, -0.1) is 0 Å². The highest BCUT2D eigenvalue weighted by Gasteiger charge is 2.43. The van der Waals surface area contributed by atoms with E-state index in [0.29, 0.717) is 0 Å². The molecule has 1 aromatic heterocycles. The summed E-state index contributed by atoms with van der Waals surface area (Å²) in [5.74, 6) is -0.00693. The van der Waals surface area contributed by atoms with Crippen LogP contribution in [0.25, 0.3) is 0 Å². The molecule has 5 nitrogen and oxygen atoms in total. The van der Waals surface area contributed by atoms with E-state index in [4.69, 9.17) is 5.10 Å². The summed E-state index contributed by atoms with van der Waals surface area (Å²) in [5, 5.41) is 7.22. The number of aryl methyl sites for hydroxylation is 2. The second-order valence-corrected chi connectivity index (χ2v) is 8.57. The summed E-state index contributed by atoms with van der Waals surface area (Å²) < 4.78 is 15.4. The quantitative estimate of drug-likeness (QED) is 0.595. The van der Waals surface area contributed by atoms with E-state index in [1.54, 1.807) is 23.3 Å². The van der Waals surface area contributed by atoms with Gasteiger partial charge in [-0.3, -0.25) is 4.79 Å². The Balaban J connectivity index is 1.49. The first kappa shape index (κ1) is 19.1. The summed E-state index contributed by atoms with van der Waals surface area (Å²) in [7, 11) is 1.91. The van der Waals surface area contributed by atoms with E-state index in [1.807, 2.05) is 29.9 Å².